The van der Waals surface area contributed by atoms with Gasteiger partial charge < -0.3 is 13.7 Å². The van der Waals surface area contributed by atoms with Crippen LogP contribution in [0.1, 0.15) is 0 Å². The van der Waals surface area contributed by atoms with Crippen LogP contribution in [0.4, 0.5) is 17.1 Å². The monoisotopic (exact) mass is 677 g/mol. The van der Waals surface area contributed by atoms with Crippen molar-refractivity contribution in [2.75, 3.05) is 4.90 Å². The summed E-state index contributed by atoms with van der Waals surface area (Å²) in [4.78, 5) is 2.35. The van der Waals surface area contributed by atoms with Crippen molar-refractivity contribution in [3.05, 3.63) is 188 Å². The minimum absolute atomic E-state index is 0.856. The van der Waals surface area contributed by atoms with Crippen LogP contribution in [0.5, 0.6) is 0 Å². The van der Waals surface area contributed by atoms with Crippen LogP contribution in [0.3, 0.4) is 0 Å². The fourth-order valence-corrected chi connectivity index (χ4v) is 8.18. The number of anilines is 3. The van der Waals surface area contributed by atoms with Gasteiger partial charge in [0.25, 0.3) is 0 Å². The third-order valence-electron chi connectivity index (χ3n) is 10.6. The van der Waals surface area contributed by atoms with Crippen molar-refractivity contribution in [2.24, 2.45) is 0 Å². The van der Waals surface area contributed by atoms with Crippen molar-refractivity contribution in [1.82, 2.24) is 0 Å². The SMILES string of the molecule is c1ccc(-c2ccc(N(c3ccc4oc5cccc(-c6ccc7c(ccc8ccccc87)c6)c5c4c3)c3cccc4oc5ccccc5c34)cc2)cc1. The molecule has 0 saturated heterocycles. The molecule has 0 saturated carbocycles. The smallest absolute Gasteiger partial charge is 0.137 e. The van der Waals surface area contributed by atoms with E-state index in [2.05, 4.69) is 181 Å². The Morgan fingerprint density at radius 1 is 0.321 bits per heavy atom. The Bertz CT molecular complexity index is 3170. The maximum atomic E-state index is 6.55. The number of furan rings is 2. The van der Waals surface area contributed by atoms with E-state index in [1.807, 2.05) is 12.1 Å². The molecule has 2 heterocycles. The number of fused-ring (bicyclic) bond motifs is 9. The number of hydrogen-bond acceptors (Lipinski definition) is 3. The summed E-state index contributed by atoms with van der Waals surface area (Å²) in [7, 11) is 0. The van der Waals surface area contributed by atoms with Gasteiger partial charge in [0.2, 0.25) is 0 Å². The Morgan fingerprint density at radius 2 is 0.943 bits per heavy atom. The van der Waals surface area contributed by atoms with E-state index in [-0.39, 0.29) is 0 Å². The van der Waals surface area contributed by atoms with Gasteiger partial charge in [-0.2, -0.15) is 0 Å². The third kappa shape index (κ3) is 4.75. The zero-order chi connectivity index (χ0) is 34.9. The van der Waals surface area contributed by atoms with Gasteiger partial charge in [-0.15, -0.1) is 0 Å². The van der Waals surface area contributed by atoms with Crippen LogP contribution >= 0.6 is 0 Å². The molecule has 0 radical (unpaired) electrons. The predicted molar refractivity (Wildman–Crippen MR) is 222 cm³/mol. The van der Waals surface area contributed by atoms with Crippen LogP contribution in [0, 0.1) is 0 Å². The van der Waals surface area contributed by atoms with Crippen LogP contribution in [-0.2, 0) is 0 Å². The molecule has 53 heavy (non-hydrogen) atoms. The lowest BCUT2D eigenvalue weighted by Gasteiger charge is -2.26. The predicted octanol–water partition coefficient (Wildman–Crippen LogP) is 14.6. The Labute approximate surface area is 305 Å². The zero-order valence-corrected chi connectivity index (χ0v) is 28.7. The molecule has 0 aliphatic heterocycles. The van der Waals surface area contributed by atoms with Gasteiger partial charge in [0.1, 0.15) is 22.3 Å². The highest BCUT2D eigenvalue weighted by Crippen LogP contribution is 2.46. The molecule has 3 nitrogen and oxygen atoms in total. The van der Waals surface area contributed by atoms with Crippen molar-refractivity contribution < 1.29 is 8.83 Å². The highest BCUT2D eigenvalue weighted by Gasteiger charge is 2.21. The largest absolute Gasteiger partial charge is 0.456 e. The molecule has 0 fully saturated rings. The minimum atomic E-state index is 0.856. The van der Waals surface area contributed by atoms with Crippen molar-refractivity contribution in [2.45, 2.75) is 0 Å². The molecule has 0 bridgehead atoms. The molecule has 0 aliphatic carbocycles. The lowest BCUT2D eigenvalue weighted by molar-refractivity contribution is 0.668. The first kappa shape index (κ1) is 29.6. The van der Waals surface area contributed by atoms with E-state index >= 15 is 0 Å². The average molecular weight is 678 g/mol. The average Bonchev–Trinajstić information content (AvgIpc) is 3.80. The van der Waals surface area contributed by atoms with Gasteiger partial charge in [0.05, 0.1) is 11.1 Å². The summed E-state index contributed by atoms with van der Waals surface area (Å²) in [6.45, 7) is 0. The summed E-state index contributed by atoms with van der Waals surface area (Å²) in [6, 6.07) is 66.8. The van der Waals surface area contributed by atoms with Crippen molar-refractivity contribution in [1.29, 1.82) is 0 Å². The second-order valence-corrected chi connectivity index (χ2v) is 13.7. The molecular weight excluding hydrogens is 647 g/mol. The first-order chi connectivity index (χ1) is 26.3. The number of para-hydroxylation sites is 1. The minimum Gasteiger partial charge on any atom is -0.456 e. The van der Waals surface area contributed by atoms with Crippen LogP contribution in [0.2, 0.25) is 0 Å². The van der Waals surface area contributed by atoms with Crippen LogP contribution in [0.15, 0.2) is 197 Å². The van der Waals surface area contributed by atoms with E-state index < -0.39 is 0 Å². The van der Waals surface area contributed by atoms with E-state index in [1.165, 1.54) is 32.7 Å². The number of nitrogens with zero attached hydrogens (tertiary/aromatic N) is 1. The van der Waals surface area contributed by atoms with Crippen molar-refractivity contribution in [3.63, 3.8) is 0 Å². The number of benzene rings is 9. The first-order valence-electron chi connectivity index (χ1n) is 18.0. The summed E-state index contributed by atoms with van der Waals surface area (Å²) < 4.78 is 12.9. The van der Waals surface area contributed by atoms with Gasteiger partial charge in [-0.05, 0) is 104 Å². The van der Waals surface area contributed by atoms with Gasteiger partial charge in [-0.1, -0.05) is 127 Å². The van der Waals surface area contributed by atoms with Gasteiger partial charge >= 0.3 is 0 Å². The summed E-state index contributed by atoms with van der Waals surface area (Å²) in [5.74, 6) is 0. The molecule has 0 atom stereocenters. The van der Waals surface area contributed by atoms with Crippen molar-refractivity contribution in [3.8, 4) is 22.3 Å². The Kier molecular flexibility index (Phi) is 6.55. The number of rotatable bonds is 5. The second-order valence-electron chi connectivity index (χ2n) is 13.7. The van der Waals surface area contributed by atoms with Crippen LogP contribution < -0.4 is 4.90 Å². The molecule has 3 heteroatoms. The zero-order valence-electron chi connectivity index (χ0n) is 28.7. The second kappa shape index (κ2) is 11.7. The molecule has 0 aliphatic rings. The highest BCUT2D eigenvalue weighted by molar-refractivity contribution is 6.17. The van der Waals surface area contributed by atoms with Crippen LogP contribution in [0.25, 0.3) is 87.7 Å². The molecule has 11 aromatic rings. The topological polar surface area (TPSA) is 29.5 Å². The Morgan fingerprint density at radius 3 is 1.81 bits per heavy atom. The normalized spacial score (nSPS) is 11.8. The maximum Gasteiger partial charge on any atom is 0.137 e. The molecule has 0 amide bonds. The Hall–Kier alpha value is -7.10. The van der Waals surface area contributed by atoms with E-state index in [0.29, 0.717) is 0 Å². The standard InChI is InChI=1S/C50H31NO2/c1-2-10-32(11-3-1)33-22-25-37(26-23-33)51(44-16-9-19-48-50(44)42-14-6-7-17-45(42)52-48)38-27-29-46-43(31-38)49-41(15-8-18-47(49)53-46)36-24-28-40-35(30-36)21-20-34-12-4-5-13-39(34)40/h1-31H. The van der Waals surface area contributed by atoms with Crippen molar-refractivity contribution >= 4 is 82.5 Å². The highest BCUT2D eigenvalue weighted by atomic mass is 16.3. The Balaban J connectivity index is 1.13. The van der Waals surface area contributed by atoms with Gasteiger partial charge in [0, 0.05) is 27.5 Å². The molecule has 11 rings (SSSR count). The summed E-state index contributed by atoms with van der Waals surface area (Å²) in [6.07, 6.45) is 0. The molecular formula is C50H31NO2. The van der Waals surface area contributed by atoms with E-state index in [0.717, 1.165) is 72.1 Å². The van der Waals surface area contributed by atoms with E-state index in [9.17, 15) is 0 Å². The molecule has 9 aromatic carbocycles. The van der Waals surface area contributed by atoms with Gasteiger partial charge in [0.15, 0.2) is 0 Å². The first-order valence-corrected chi connectivity index (χ1v) is 18.0. The summed E-state index contributed by atoms with van der Waals surface area (Å²) in [5, 5.41) is 9.34. The quantitative estimate of drug-likeness (QED) is 0.170. The third-order valence-corrected chi connectivity index (χ3v) is 10.6. The molecule has 0 spiro atoms. The molecule has 248 valence electrons. The lowest BCUT2D eigenvalue weighted by atomic mass is 9.95. The number of hydrogen-bond donors (Lipinski definition) is 0. The molecule has 0 unspecified atom stereocenters. The van der Waals surface area contributed by atoms with Crippen LogP contribution in [-0.4, -0.2) is 0 Å². The van der Waals surface area contributed by atoms with Gasteiger partial charge in [-0.25, -0.2) is 0 Å². The maximum absolute atomic E-state index is 6.55. The van der Waals surface area contributed by atoms with E-state index in [4.69, 9.17) is 8.83 Å². The molecule has 0 N–H and O–H groups in total. The summed E-state index contributed by atoms with van der Waals surface area (Å²) in [5.41, 5.74) is 11.3. The summed E-state index contributed by atoms with van der Waals surface area (Å²) >= 11 is 0. The fraction of sp³-hybridized carbons (Fsp3) is 0. The van der Waals surface area contributed by atoms with Gasteiger partial charge in [-0.3, -0.25) is 0 Å². The lowest BCUT2D eigenvalue weighted by Crippen LogP contribution is -2.10. The molecule has 2 aromatic heterocycles. The fourth-order valence-electron chi connectivity index (χ4n) is 8.18. The van der Waals surface area contributed by atoms with E-state index in [1.54, 1.807) is 0 Å².